The molecule has 1 aromatic rings. The zero-order valence-corrected chi connectivity index (χ0v) is 15.2. The molecule has 22 heavy (non-hydrogen) atoms. The number of carbonyl (C=O) groups is 1. The summed E-state index contributed by atoms with van der Waals surface area (Å²) in [6.45, 7) is 4.51. The standard InChI is InChI=1S/C16H26ClN3O.ClH/c1-5-11(2)15(18)16(21)19-10-14(20(3)4)12-8-6-7-9-13(12)17;/h6-9,11,14-15H,5,10,18H2,1-4H3,(H,19,21);1H. The monoisotopic (exact) mass is 347 g/mol. The lowest BCUT2D eigenvalue weighted by molar-refractivity contribution is -0.123. The van der Waals surface area contributed by atoms with Gasteiger partial charge in [0, 0.05) is 11.6 Å². The van der Waals surface area contributed by atoms with Crippen molar-refractivity contribution in [1.82, 2.24) is 10.2 Å². The molecule has 0 saturated heterocycles. The van der Waals surface area contributed by atoms with Gasteiger partial charge in [-0.05, 0) is 31.6 Å². The quantitative estimate of drug-likeness (QED) is 0.797. The molecule has 0 fully saturated rings. The lowest BCUT2D eigenvalue weighted by atomic mass is 9.99. The summed E-state index contributed by atoms with van der Waals surface area (Å²) in [6.07, 6.45) is 0.885. The molecule has 0 heterocycles. The van der Waals surface area contributed by atoms with E-state index in [1.54, 1.807) is 0 Å². The highest BCUT2D eigenvalue weighted by molar-refractivity contribution is 6.31. The van der Waals surface area contributed by atoms with Crippen LogP contribution in [0.4, 0.5) is 0 Å². The number of carbonyl (C=O) groups excluding carboxylic acids is 1. The predicted molar refractivity (Wildman–Crippen MR) is 95.6 cm³/mol. The highest BCUT2D eigenvalue weighted by Gasteiger charge is 2.22. The Hall–Kier alpha value is -0.810. The number of likely N-dealkylation sites (N-methyl/N-ethyl adjacent to an activating group) is 1. The van der Waals surface area contributed by atoms with Crippen LogP contribution in [0.5, 0.6) is 0 Å². The minimum Gasteiger partial charge on any atom is -0.353 e. The maximum atomic E-state index is 12.1. The summed E-state index contributed by atoms with van der Waals surface area (Å²) in [4.78, 5) is 14.1. The van der Waals surface area contributed by atoms with Gasteiger partial charge in [0.05, 0.1) is 12.1 Å². The van der Waals surface area contributed by atoms with Gasteiger partial charge in [-0.1, -0.05) is 50.1 Å². The normalized spacial score (nSPS) is 14.9. The molecule has 0 aromatic heterocycles. The average molecular weight is 348 g/mol. The number of nitrogens with zero attached hydrogens (tertiary/aromatic N) is 1. The smallest absolute Gasteiger partial charge is 0.237 e. The van der Waals surface area contributed by atoms with Crippen molar-refractivity contribution in [3.8, 4) is 0 Å². The Balaban J connectivity index is 0.00000441. The molecule has 0 aliphatic rings. The van der Waals surface area contributed by atoms with Gasteiger partial charge in [-0.3, -0.25) is 4.79 Å². The van der Waals surface area contributed by atoms with E-state index in [0.717, 1.165) is 12.0 Å². The second-order valence-electron chi connectivity index (χ2n) is 5.66. The van der Waals surface area contributed by atoms with E-state index in [4.69, 9.17) is 17.3 Å². The zero-order chi connectivity index (χ0) is 16.0. The number of amides is 1. The number of rotatable bonds is 7. The molecule has 0 aliphatic heterocycles. The van der Waals surface area contributed by atoms with Crippen LogP contribution in [-0.4, -0.2) is 37.5 Å². The molecule has 126 valence electrons. The van der Waals surface area contributed by atoms with Crippen LogP contribution in [-0.2, 0) is 4.79 Å². The third-order valence-corrected chi connectivity index (χ3v) is 4.26. The molecule has 0 bridgehead atoms. The summed E-state index contributed by atoms with van der Waals surface area (Å²) in [7, 11) is 3.93. The molecule has 0 saturated carbocycles. The van der Waals surface area contributed by atoms with E-state index < -0.39 is 6.04 Å². The molecule has 1 aromatic carbocycles. The van der Waals surface area contributed by atoms with Gasteiger partial charge in [0.2, 0.25) is 5.91 Å². The first kappa shape index (κ1) is 21.2. The molecule has 1 rings (SSSR count). The number of nitrogens with one attached hydrogen (secondary N) is 1. The first-order valence-electron chi connectivity index (χ1n) is 7.32. The fourth-order valence-electron chi connectivity index (χ4n) is 2.14. The largest absolute Gasteiger partial charge is 0.353 e. The number of nitrogens with two attached hydrogens (primary N) is 1. The fraction of sp³-hybridized carbons (Fsp3) is 0.562. The van der Waals surface area contributed by atoms with E-state index in [0.29, 0.717) is 11.6 Å². The Morgan fingerprint density at radius 3 is 2.45 bits per heavy atom. The summed E-state index contributed by atoms with van der Waals surface area (Å²) in [5.74, 6) is 0.0615. The second kappa shape index (κ2) is 10.1. The Morgan fingerprint density at radius 1 is 1.36 bits per heavy atom. The van der Waals surface area contributed by atoms with Crippen LogP contribution in [0.25, 0.3) is 0 Å². The predicted octanol–water partition coefficient (Wildman–Crippen LogP) is 2.85. The Bertz CT molecular complexity index is 468. The van der Waals surface area contributed by atoms with Gasteiger partial charge in [-0.15, -0.1) is 12.4 Å². The van der Waals surface area contributed by atoms with Crippen molar-refractivity contribution >= 4 is 29.9 Å². The van der Waals surface area contributed by atoms with Gasteiger partial charge in [-0.2, -0.15) is 0 Å². The zero-order valence-electron chi connectivity index (χ0n) is 13.7. The third kappa shape index (κ3) is 5.76. The van der Waals surface area contributed by atoms with Gasteiger partial charge >= 0.3 is 0 Å². The van der Waals surface area contributed by atoms with Crippen LogP contribution in [0.15, 0.2) is 24.3 Å². The molecule has 1 amide bonds. The molecular formula is C16H27Cl2N3O. The molecule has 6 heteroatoms. The van der Waals surface area contributed by atoms with E-state index in [-0.39, 0.29) is 30.3 Å². The van der Waals surface area contributed by atoms with Crippen molar-refractivity contribution in [3.63, 3.8) is 0 Å². The minimum absolute atomic E-state index is 0. The molecule has 0 aliphatic carbocycles. The summed E-state index contributed by atoms with van der Waals surface area (Å²) in [5.41, 5.74) is 6.95. The third-order valence-electron chi connectivity index (χ3n) is 3.92. The van der Waals surface area contributed by atoms with Gasteiger partial charge in [0.15, 0.2) is 0 Å². The number of benzene rings is 1. The van der Waals surface area contributed by atoms with Crippen LogP contribution < -0.4 is 11.1 Å². The molecule has 3 N–H and O–H groups in total. The maximum Gasteiger partial charge on any atom is 0.237 e. The first-order valence-corrected chi connectivity index (χ1v) is 7.70. The molecule has 0 spiro atoms. The Morgan fingerprint density at radius 2 is 1.95 bits per heavy atom. The lowest BCUT2D eigenvalue weighted by Gasteiger charge is -2.27. The van der Waals surface area contributed by atoms with Crippen LogP contribution in [0.3, 0.4) is 0 Å². The van der Waals surface area contributed by atoms with Crippen molar-refractivity contribution in [2.45, 2.75) is 32.4 Å². The van der Waals surface area contributed by atoms with Crippen molar-refractivity contribution < 1.29 is 4.79 Å². The van der Waals surface area contributed by atoms with E-state index in [9.17, 15) is 4.79 Å². The topological polar surface area (TPSA) is 58.4 Å². The summed E-state index contributed by atoms with van der Waals surface area (Å²) in [6, 6.07) is 7.24. The van der Waals surface area contributed by atoms with Crippen molar-refractivity contribution in [2.24, 2.45) is 11.7 Å². The second-order valence-corrected chi connectivity index (χ2v) is 6.06. The number of hydrogen-bond acceptors (Lipinski definition) is 3. The summed E-state index contributed by atoms with van der Waals surface area (Å²) in [5, 5.41) is 3.65. The molecule has 4 nitrogen and oxygen atoms in total. The maximum absolute atomic E-state index is 12.1. The summed E-state index contributed by atoms with van der Waals surface area (Å²) >= 11 is 6.25. The molecular weight excluding hydrogens is 321 g/mol. The molecule has 3 unspecified atom stereocenters. The Labute approximate surface area is 144 Å². The van der Waals surface area contributed by atoms with Crippen LogP contribution >= 0.6 is 24.0 Å². The SMILES string of the molecule is CCC(C)C(N)C(=O)NCC(c1ccccc1Cl)N(C)C.Cl. The fourth-order valence-corrected chi connectivity index (χ4v) is 2.41. The van der Waals surface area contributed by atoms with E-state index in [2.05, 4.69) is 5.32 Å². The Kier molecular flexibility index (Phi) is 9.69. The van der Waals surface area contributed by atoms with Crippen LogP contribution in [0.1, 0.15) is 31.9 Å². The van der Waals surface area contributed by atoms with Crippen molar-refractivity contribution in [1.29, 1.82) is 0 Å². The van der Waals surface area contributed by atoms with Gasteiger partial charge in [0.25, 0.3) is 0 Å². The van der Waals surface area contributed by atoms with Crippen LogP contribution in [0.2, 0.25) is 5.02 Å². The van der Waals surface area contributed by atoms with Crippen molar-refractivity contribution in [3.05, 3.63) is 34.9 Å². The lowest BCUT2D eigenvalue weighted by Crippen LogP contribution is -2.46. The molecule has 0 radical (unpaired) electrons. The highest BCUT2D eigenvalue weighted by Crippen LogP contribution is 2.25. The van der Waals surface area contributed by atoms with E-state index in [1.807, 2.05) is 57.1 Å². The van der Waals surface area contributed by atoms with E-state index in [1.165, 1.54) is 0 Å². The van der Waals surface area contributed by atoms with E-state index >= 15 is 0 Å². The van der Waals surface area contributed by atoms with Gasteiger partial charge in [-0.25, -0.2) is 0 Å². The van der Waals surface area contributed by atoms with Crippen LogP contribution in [0, 0.1) is 5.92 Å². The van der Waals surface area contributed by atoms with Gasteiger partial charge < -0.3 is 16.0 Å². The molecule has 3 atom stereocenters. The first-order chi connectivity index (χ1) is 9.88. The number of halogens is 2. The minimum atomic E-state index is -0.468. The highest BCUT2D eigenvalue weighted by atomic mass is 35.5. The van der Waals surface area contributed by atoms with Gasteiger partial charge in [0.1, 0.15) is 0 Å². The summed E-state index contributed by atoms with van der Waals surface area (Å²) < 4.78 is 0. The number of hydrogen-bond donors (Lipinski definition) is 2. The average Bonchev–Trinajstić information content (AvgIpc) is 2.47. The van der Waals surface area contributed by atoms with Crippen molar-refractivity contribution in [2.75, 3.05) is 20.6 Å².